The van der Waals surface area contributed by atoms with Crippen molar-refractivity contribution in [2.24, 2.45) is 0 Å². The quantitative estimate of drug-likeness (QED) is 0.490. The third-order valence-electron chi connectivity index (χ3n) is 4.32. The number of aromatic nitrogens is 6. The van der Waals surface area contributed by atoms with Gasteiger partial charge in [0.05, 0.1) is 11.0 Å². The highest BCUT2D eigenvalue weighted by molar-refractivity contribution is 5.83. The van der Waals surface area contributed by atoms with E-state index in [0.717, 1.165) is 35.3 Å². The minimum Gasteiger partial charge on any atom is -0.354 e. The van der Waals surface area contributed by atoms with Crippen molar-refractivity contribution >= 4 is 16.9 Å². The monoisotopic (exact) mass is 361 g/mol. The number of imidazole rings is 1. The summed E-state index contributed by atoms with van der Waals surface area (Å²) in [5, 5.41) is 14.2. The summed E-state index contributed by atoms with van der Waals surface area (Å²) in [4.78, 5) is 20.6. The van der Waals surface area contributed by atoms with Gasteiger partial charge in [-0.05, 0) is 34.5 Å². The van der Waals surface area contributed by atoms with Crippen LogP contribution >= 0.6 is 0 Å². The summed E-state index contributed by atoms with van der Waals surface area (Å²) in [5.74, 6) is 0.781. The number of benzene rings is 2. The van der Waals surface area contributed by atoms with Gasteiger partial charge in [0, 0.05) is 13.0 Å². The van der Waals surface area contributed by atoms with E-state index in [1.165, 1.54) is 11.0 Å². The molecule has 0 aliphatic rings. The van der Waals surface area contributed by atoms with Gasteiger partial charge in [-0.3, -0.25) is 4.79 Å². The molecule has 0 saturated carbocycles. The lowest BCUT2D eigenvalue weighted by Gasteiger charge is -2.16. The van der Waals surface area contributed by atoms with Crippen LogP contribution in [-0.2, 0) is 11.2 Å². The first-order valence-corrected chi connectivity index (χ1v) is 8.80. The van der Waals surface area contributed by atoms with E-state index in [9.17, 15) is 4.79 Å². The summed E-state index contributed by atoms with van der Waals surface area (Å²) in [5.41, 5.74) is 2.82. The van der Waals surface area contributed by atoms with Crippen LogP contribution in [0.1, 0.15) is 23.9 Å². The number of fused-ring (bicyclic) bond motifs is 1. The van der Waals surface area contributed by atoms with Crippen molar-refractivity contribution in [3.63, 3.8) is 0 Å². The number of carbonyl (C=O) groups is 1. The SMILES string of the molecule is O=C(NCCCc1nc2ccccc2[nH]1)[C@H](c1ccccc1)n1cnnn1. The van der Waals surface area contributed by atoms with Crippen LogP contribution in [0.4, 0.5) is 0 Å². The van der Waals surface area contributed by atoms with Gasteiger partial charge in [0.1, 0.15) is 12.2 Å². The van der Waals surface area contributed by atoms with Crippen molar-refractivity contribution in [3.05, 3.63) is 72.3 Å². The van der Waals surface area contributed by atoms with Crippen molar-refractivity contribution in [1.29, 1.82) is 0 Å². The molecule has 136 valence electrons. The van der Waals surface area contributed by atoms with Crippen molar-refractivity contribution in [3.8, 4) is 0 Å². The Morgan fingerprint density at radius 3 is 2.70 bits per heavy atom. The van der Waals surface area contributed by atoms with Crippen LogP contribution in [-0.4, -0.2) is 42.6 Å². The molecule has 8 heteroatoms. The van der Waals surface area contributed by atoms with Crippen molar-refractivity contribution in [2.75, 3.05) is 6.54 Å². The minimum absolute atomic E-state index is 0.141. The van der Waals surface area contributed by atoms with Crippen molar-refractivity contribution in [2.45, 2.75) is 18.9 Å². The second kappa shape index (κ2) is 7.77. The maximum atomic E-state index is 12.7. The summed E-state index contributed by atoms with van der Waals surface area (Å²) in [7, 11) is 0. The molecule has 4 rings (SSSR count). The Morgan fingerprint density at radius 2 is 1.93 bits per heavy atom. The van der Waals surface area contributed by atoms with E-state index in [1.54, 1.807) is 0 Å². The molecule has 27 heavy (non-hydrogen) atoms. The minimum atomic E-state index is -0.590. The molecule has 4 aromatic rings. The number of nitrogens with zero attached hydrogens (tertiary/aromatic N) is 5. The fourth-order valence-corrected chi connectivity index (χ4v) is 3.03. The number of hydrogen-bond donors (Lipinski definition) is 2. The Kier molecular flexibility index (Phi) is 4.86. The van der Waals surface area contributed by atoms with Gasteiger partial charge in [0.25, 0.3) is 0 Å². The van der Waals surface area contributed by atoms with Crippen LogP contribution in [0.25, 0.3) is 11.0 Å². The first-order valence-electron chi connectivity index (χ1n) is 8.80. The molecule has 1 amide bonds. The zero-order chi connectivity index (χ0) is 18.5. The summed E-state index contributed by atoms with van der Waals surface area (Å²) in [6.07, 6.45) is 2.99. The smallest absolute Gasteiger partial charge is 0.249 e. The highest BCUT2D eigenvalue weighted by Gasteiger charge is 2.23. The van der Waals surface area contributed by atoms with Crippen LogP contribution in [0.2, 0.25) is 0 Å². The summed E-state index contributed by atoms with van der Waals surface area (Å²) >= 11 is 0. The van der Waals surface area contributed by atoms with Gasteiger partial charge in [-0.25, -0.2) is 9.67 Å². The van der Waals surface area contributed by atoms with E-state index >= 15 is 0 Å². The number of amides is 1. The maximum Gasteiger partial charge on any atom is 0.249 e. The zero-order valence-electron chi connectivity index (χ0n) is 14.6. The summed E-state index contributed by atoms with van der Waals surface area (Å²) < 4.78 is 1.46. The lowest BCUT2D eigenvalue weighted by Crippen LogP contribution is -2.34. The number of carbonyl (C=O) groups excluding carboxylic acids is 1. The second-order valence-electron chi connectivity index (χ2n) is 6.20. The molecule has 0 aliphatic carbocycles. The van der Waals surface area contributed by atoms with Gasteiger partial charge in [-0.15, -0.1) is 5.10 Å². The van der Waals surface area contributed by atoms with Crippen LogP contribution in [0, 0.1) is 0 Å². The molecule has 0 spiro atoms. The van der Waals surface area contributed by atoms with E-state index in [1.807, 2.05) is 54.6 Å². The third kappa shape index (κ3) is 3.84. The lowest BCUT2D eigenvalue weighted by molar-refractivity contribution is -0.123. The zero-order valence-corrected chi connectivity index (χ0v) is 14.6. The number of hydrogen-bond acceptors (Lipinski definition) is 5. The molecule has 2 aromatic carbocycles. The predicted molar refractivity (Wildman–Crippen MR) is 99.8 cm³/mol. The van der Waals surface area contributed by atoms with E-state index in [-0.39, 0.29) is 5.91 Å². The molecular weight excluding hydrogens is 342 g/mol. The molecule has 0 fully saturated rings. The normalized spacial score (nSPS) is 12.1. The Labute approximate surface area is 155 Å². The number of tetrazole rings is 1. The average Bonchev–Trinajstić information content (AvgIpc) is 3.36. The number of para-hydroxylation sites is 2. The van der Waals surface area contributed by atoms with Gasteiger partial charge in [-0.2, -0.15) is 0 Å². The molecule has 2 N–H and O–H groups in total. The Balaban J connectivity index is 1.37. The predicted octanol–water partition coefficient (Wildman–Crippen LogP) is 1.89. The summed E-state index contributed by atoms with van der Waals surface area (Å²) in [6.45, 7) is 0.543. The fraction of sp³-hybridized carbons (Fsp3) is 0.211. The van der Waals surface area contributed by atoms with Crippen LogP contribution < -0.4 is 5.32 Å². The third-order valence-corrected chi connectivity index (χ3v) is 4.32. The molecule has 0 saturated heterocycles. The number of nitrogens with one attached hydrogen (secondary N) is 2. The van der Waals surface area contributed by atoms with Gasteiger partial charge >= 0.3 is 0 Å². The molecule has 0 unspecified atom stereocenters. The first kappa shape index (κ1) is 16.9. The molecule has 1 atom stereocenters. The van der Waals surface area contributed by atoms with E-state index < -0.39 is 6.04 Å². The Bertz CT molecular complexity index is 978. The number of H-pyrrole nitrogens is 1. The Morgan fingerprint density at radius 1 is 1.11 bits per heavy atom. The van der Waals surface area contributed by atoms with Crippen LogP contribution in [0.3, 0.4) is 0 Å². The van der Waals surface area contributed by atoms with Gasteiger partial charge in [0.2, 0.25) is 5.91 Å². The fourth-order valence-electron chi connectivity index (χ4n) is 3.03. The summed E-state index contributed by atoms with van der Waals surface area (Å²) in [6, 6.07) is 16.8. The molecule has 0 bridgehead atoms. The molecule has 8 nitrogen and oxygen atoms in total. The van der Waals surface area contributed by atoms with Gasteiger partial charge in [0.15, 0.2) is 6.04 Å². The average molecular weight is 361 g/mol. The maximum absolute atomic E-state index is 12.7. The van der Waals surface area contributed by atoms with E-state index in [2.05, 4.69) is 30.8 Å². The molecule has 0 aliphatic heterocycles. The van der Waals surface area contributed by atoms with Gasteiger partial charge in [-0.1, -0.05) is 42.5 Å². The lowest BCUT2D eigenvalue weighted by atomic mass is 10.1. The molecule has 2 heterocycles. The van der Waals surface area contributed by atoms with Crippen LogP contribution in [0.15, 0.2) is 60.9 Å². The standard InChI is InChI=1S/C19H19N7O/c27-19(18(26-13-21-24-25-26)14-7-2-1-3-8-14)20-12-6-11-17-22-15-9-4-5-10-16(15)23-17/h1-5,7-10,13,18H,6,11-12H2,(H,20,27)(H,22,23)/t18-/m0/s1. The highest BCUT2D eigenvalue weighted by Crippen LogP contribution is 2.17. The largest absolute Gasteiger partial charge is 0.354 e. The highest BCUT2D eigenvalue weighted by atomic mass is 16.2. The van der Waals surface area contributed by atoms with E-state index in [4.69, 9.17) is 0 Å². The first-order chi connectivity index (χ1) is 13.3. The Hall–Kier alpha value is -3.55. The molecular formula is C19H19N7O. The van der Waals surface area contributed by atoms with Gasteiger partial charge < -0.3 is 10.3 Å². The topological polar surface area (TPSA) is 101 Å². The number of aromatic amines is 1. The molecule has 2 aromatic heterocycles. The van der Waals surface area contributed by atoms with Crippen LogP contribution in [0.5, 0.6) is 0 Å². The van der Waals surface area contributed by atoms with Crippen molar-refractivity contribution < 1.29 is 4.79 Å². The number of aryl methyl sites for hydroxylation is 1. The number of rotatable bonds is 7. The van der Waals surface area contributed by atoms with E-state index in [0.29, 0.717) is 6.54 Å². The van der Waals surface area contributed by atoms with Crippen molar-refractivity contribution in [1.82, 2.24) is 35.5 Å². The molecule has 0 radical (unpaired) electrons. The second-order valence-corrected chi connectivity index (χ2v) is 6.20.